The predicted octanol–water partition coefficient (Wildman–Crippen LogP) is 5.61. The maximum Gasteiger partial charge on any atom is 0.255 e. The lowest BCUT2D eigenvalue weighted by Gasteiger charge is -2.34. The van der Waals surface area contributed by atoms with Crippen LogP contribution in [0.2, 0.25) is 0 Å². The highest BCUT2D eigenvalue weighted by molar-refractivity contribution is 5.99. The molecule has 2 aromatic carbocycles. The minimum Gasteiger partial charge on any atom is -0.381 e. The van der Waals surface area contributed by atoms with Crippen LogP contribution in [0.1, 0.15) is 96.1 Å². The van der Waals surface area contributed by atoms with Gasteiger partial charge < -0.3 is 15.0 Å². The zero-order chi connectivity index (χ0) is 27.4. The topological polar surface area (TPSA) is 87.3 Å². The molecule has 0 spiro atoms. The molecule has 204 valence electrons. The molecular formula is C32H38N4O3. The number of H-pyrrole nitrogens is 1. The standard InChI is InChI=1S/C32H38N4O3/c1-20(21-5-7-22(8-6-21)29(37)33-32(4)13-15-39-16-14-32)36-19-24-17-23(9-10-25(24)30(36)38)28-26-11-12-31(2,3)18-27(26)34-35-28/h5-10,17,20H,11-16,18-19H2,1-4H3,(H,33,37)(H,34,35)/t20-/m1/s1. The van der Waals surface area contributed by atoms with E-state index in [2.05, 4.69) is 49.3 Å². The minimum atomic E-state index is -0.236. The molecule has 0 bridgehead atoms. The Morgan fingerprint density at radius 3 is 2.56 bits per heavy atom. The molecule has 1 aliphatic carbocycles. The van der Waals surface area contributed by atoms with Crippen molar-refractivity contribution < 1.29 is 14.3 Å². The van der Waals surface area contributed by atoms with Crippen molar-refractivity contribution in [1.29, 1.82) is 0 Å². The first-order valence-electron chi connectivity index (χ1n) is 14.1. The molecule has 39 heavy (non-hydrogen) atoms. The van der Waals surface area contributed by atoms with Gasteiger partial charge in [0.05, 0.1) is 11.7 Å². The molecule has 1 aromatic heterocycles. The van der Waals surface area contributed by atoms with Gasteiger partial charge in [-0.25, -0.2) is 0 Å². The Bertz CT molecular complexity index is 1420. The van der Waals surface area contributed by atoms with E-state index >= 15 is 0 Å². The lowest BCUT2D eigenvalue weighted by atomic mass is 9.76. The Labute approximate surface area is 230 Å². The SMILES string of the molecule is C[C@H](c1ccc(C(=O)NC2(C)CCOCC2)cc1)N1Cc2cc(-c3n[nH]c4c3CCC(C)(C)C4)ccc2C1=O. The molecule has 2 aliphatic heterocycles. The van der Waals surface area contributed by atoms with Gasteiger partial charge in [-0.05, 0) is 86.8 Å². The van der Waals surface area contributed by atoms with Crippen LogP contribution in [0.3, 0.4) is 0 Å². The summed E-state index contributed by atoms with van der Waals surface area (Å²) in [7, 11) is 0. The first-order valence-corrected chi connectivity index (χ1v) is 14.1. The number of nitrogens with zero attached hydrogens (tertiary/aromatic N) is 2. The van der Waals surface area contributed by atoms with Gasteiger partial charge in [-0.15, -0.1) is 0 Å². The number of fused-ring (bicyclic) bond motifs is 2. The summed E-state index contributed by atoms with van der Waals surface area (Å²) in [5.41, 5.74) is 8.15. The summed E-state index contributed by atoms with van der Waals surface area (Å²) in [5, 5.41) is 11.1. The van der Waals surface area contributed by atoms with Gasteiger partial charge in [-0.3, -0.25) is 14.7 Å². The smallest absolute Gasteiger partial charge is 0.255 e. The molecule has 2 N–H and O–H groups in total. The summed E-state index contributed by atoms with van der Waals surface area (Å²) >= 11 is 0. The number of hydrogen-bond donors (Lipinski definition) is 2. The zero-order valence-corrected chi connectivity index (χ0v) is 23.4. The van der Waals surface area contributed by atoms with Gasteiger partial charge in [-0.1, -0.05) is 32.0 Å². The van der Waals surface area contributed by atoms with Crippen molar-refractivity contribution in [3.8, 4) is 11.3 Å². The van der Waals surface area contributed by atoms with Crippen molar-refractivity contribution >= 4 is 11.8 Å². The number of ether oxygens (including phenoxy) is 1. The van der Waals surface area contributed by atoms with E-state index in [9.17, 15) is 9.59 Å². The van der Waals surface area contributed by atoms with Crippen LogP contribution in [0, 0.1) is 5.41 Å². The molecule has 0 unspecified atom stereocenters. The van der Waals surface area contributed by atoms with Crippen molar-refractivity contribution in [3.63, 3.8) is 0 Å². The van der Waals surface area contributed by atoms with E-state index in [1.165, 1.54) is 11.3 Å². The summed E-state index contributed by atoms with van der Waals surface area (Å²) < 4.78 is 5.44. The lowest BCUT2D eigenvalue weighted by molar-refractivity contribution is 0.0422. The Balaban J connectivity index is 1.16. The number of benzene rings is 2. The number of carbonyl (C=O) groups is 2. The van der Waals surface area contributed by atoms with E-state index in [4.69, 9.17) is 4.74 Å². The average molecular weight is 527 g/mol. The second-order valence-electron chi connectivity index (χ2n) is 12.6. The van der Waals surface area contributed by atoms with Gasteiger partial charge in [0.1, 0.15) is 0 Å². The van der Waals surface area contributed by atoms with Crippen LogP contribution in [0.25, 0.3) is 11.3 Å². The highest BCUT2D eigenvalue weighted by Crippen LogP contribution is 2.39. The number of nitrogens with one attached hydrogen (secondary N) is 2. The van der Waals surface area contributed by atoms with Gasteiger partial charge in [0.2, 0.25) is 0 Å². The number of amides is 2. The van der Waals surface area contributed by atoms with Crippen LogP contribution < -0.4 is 5.32 Å². The number of hydrogen-bond acceptors (Lipinski definition) is 4. The zero-order valence-electron chi connectivity index (χ0n) is 23.4. The van der Waals surface area contributed by atoms with E-state index in [0.717, 1.165) is 60.1 Å². The quantitative estimate of drug-likeness (QED) is 0.453. The first kappa shape index (κ1) is 25.8. The second-order valence-corrected chi connectivity index (χ2v) is 12.6. The van der Waals surface area contributed by atoms with Crippen LogP contribution in [-0.2, 0) is 24.1 Å². The molecule has 1 fully saturated rings. The summed E-state index contributed by atoms with van der Waals surface area (Å²) in [5.74, 6) is -0.0241. The predicted molar refractivity (Wildman–Crippen MR) is 150 cm³/mol. The van der Waals surface area contributed by atoms with Gasteiger partial charge >= 0.3 is 0 Å². The lowest BCUT2D eigenvalue weighted by Crippen LogP contribution is -2.49. The highest BCUT2D eigenvalue weighted by Gasteiger charge is 2.34. The van der Waals surface area contributed by atoms with Crippen molar-refractivity contribution in [2.24, 2.45) is 5.41 Å². The Hall–Kier alpha value is -3.45. The number of carbonyl (C=O) groups excluding carboxylic acids is 2. The van der Waals surface area contributed by atoms with Gasteiger partial charge in [0.15, 0.2) is 0 Å². The van der Waals surface area contributed by atoms with E-state index in [1.807, 2.05) is 41.3 Å². The van der Waals surface area contributed by atoms with Crippen molar-refractivity contribution in [3.05, 3.63) is 76.0 Å². The van der Waals surface area contributed by atoms with Gasteiger partial charge in [0.25, 0.3) is 11.8 Å². The minimum absolute atomic E-state index is 0.0455. The molecule has 1 saturated heterocycles. The van der Waals surface area contributed by atoms with Crippen molar-refractivity contribution in [2.75, 3.05) is 13.2 Å². The third-order valence-corrected chi connectivity index (χ3v) is 9.00. The van der Waals surface area contributed by atoms with Crippen LogP contribution in [-0.4, -0.2) is 45.7 Å². The maximum atomic E-state index is 13.4. The third kappa shape index (κ3) is 4.89. The number of aromatic nitrogens is 2. The fourth-order valence-corrected chi connectivity index (χ4v) is 6.28. The monoisotopic (exact) mass is 526 g/mol. The normalized spacial score (nSPS) is 20.3. The second kappa shape index (κ2) is 9.63. The van der Waals surface area contributed by atoms with E-state index in [-0.39, 0.29) is 23.4 Å². The maximum absolute atomic E-state index is 13.4. The van der Waals surface area contributed by atoms with Crippen LogP contribution in [0.15, 0.2) is 42.5 Å². The molecule has 7 heteroatoms. The van der Waals surface area contributed by atoms with Gasteiger partial charge in [0, 0.05) is 53.2 Å². The fourth-order valence-electron chi connectivity index (χ4n) is 6.28. The van der Waals surface area contributed by atoms with E-state index in [0.29, 0.717) is 30.7 Å². The van der Waals surface area contributed by atoms with Gasteiger partial charge in [-0.2, -0.15) is 5.10 Å². The van der Waals surface area contributed by atoms with Crippen LogP contribution >= 0.6 is 0 Å². The molecule has 0 radical (unpaired) electrons. The molecule has 1 atom stereocenters. The Morgan fingerprint density at radius 2 is 1.82 bits per heavy atom. The molecule has 3 heterocycles. The summed E-state index contributed by atoms with van der Waals surface area (Å²) in [6.07, 6.45) is 4.81. The summed E-state index contributed by atoms with van der Waals surface area (Å²) in [4.78, 5) is 28.2. The van der Waals surface area contributed by atoms with Crippen molar-refractivity contribution in [1.82, 2.24) is 20.4 Å². The molecular weight excluding hydrogens is 488 g/mol. The van der Waals surface area contributed by atoms with Crippen LogP contribution in [0.4, 0.5) is 0 Å². The third-order valence-electron chi connectivity index (χ3n) is 9.00. The molecule has 6 rings (SSSR count). The largest absolute Gasteiger partial charge is 0.381 e. The Morgan fingerprint density at radius 1 is 1.08 bits per heavy atom. The Kier molecular flexibility index (Phi) is 6.37. The highest BCUT2D eigenvalue weighted by atomic mass is 16.5. The number of aromatic amines is 1. The molecule has 0 saturated carbocycles. The molecule has 2 amide bonds. The van der Waals surface area contributed by atoms with Crippen molar-refractivity contribution in [2.45, 2.75) is 77.9 Å². The molecule has 3 aromatic rings. The first-order chi connectivity index (χ1) is 18.6. The number of rotatable bonds is 5. The fraction of sp³-hybridized carbons (Fsp3) is 0.469. The molecule has 3 aliphatic rings. The summed E-state index contributed by atoms with van der Waals surface area (Å²) in [6, 6.07) is 13.7. The summed E-state index contributed by atoms with van der Waals surface area (Å²) in [6.45, 7) is 10.6. The van der Waals surface area contributed by atoms with E-state index in [1.54, 1.807) is 0 Å². The van der Waals surface area contributed by atoms with E-state index < -0.39 is 0 Å². The average Bonchev–Trinajstić information content (AvgIpc) is 3.47. The van der Waals surface area contributed by atoms with Crippen LogP contribution in [0.5, 0.6) is 0 Å². The molecule has 7 nitrogen and oxygen atoms in total.